The van der Waals surface area contributed by atoms with Gasteiger partial charge < -0.3 is 5.11 Å². The number of hydrogen-bond acceptors (Lipinski definition) is 1. The van der Waals surface area contributed by atoms with E-state index in [-0.39, 0.29) is 0 Å². The van der Waals surface area contributed by atoms with Crippen LogP contribution in [0.15, 0.2) is 61.2 Å². The van der Waals surface area contributed by atoms with Gasteiger partial charge in [-0.1, -0.05) is 111 Å². The number of aryl methyl sites for hydroxylation is 1. The molecule has 0 aliphatic heterocycles. The molecule has 1 rings (SSSR count). The average molecular weight is 489 g/mol. The van der Waals surface area contributed by atoms with E-state index in [1.807, 2.05) is 67.5 Å². The molecular formula is C34H64O. The second-order valence-corrected chi connectivity index (χ2v) is 7.54. The Morgan fingerprint density at radius 2 is 1.31 bits per heavy atom. The van der Waals surface area contributed by atoms with Crippen LogP contribution in [0.2, 0.25) is 0 Å². The lowest BCUT2D eigenvalue weighted by Crippen LogP contribution is -2.00. The van der Waals surface area contributed by atoms with Crippen LogP contribution in [0, 0.1) is 23.7 Å². The van der Waals surface area contributed by atoms with Gasteiger partial charge in [-0.25, -0.2) is 0 Å². The summed E-state index contributed by atoms with van der Waals surface area (Å²) in [7, 11) is 0. The molecule has 1 nitrogen and oxygen atoms in total. The summed E-state index contributed by atoms with van der Waals surface area (Å²) in [6.45, 7) is 38.8. The van der Waals surface area contributed by atoms with E-state index in [9.17, 15) is 0 Å². The van der Waals surface area contributed by atoms with E-state index in [0.717, 1.165) is 23.8 Å². The molecule has 2 atom stereocenters. The molecule has 1 N–H and O–H groups in total. The molecule has 0 aromatic heterocycles. The number of phenols is 1. The molecule has 1 aromatic carbocycles. The predicted octanol–water partition coefficient (Wildman–Crippen LogP) is 11.8. The molecule has 206 valence electrons. The Bertz CT molecular complexity index is 599. The van der Waals surface area contributed by atoms with Gasteiger partial charge in [0, 0.05) is 0 Å². The van der Waals surface area contributed by atoms with Crippen LogP contribution in [0.5, 0.6) is 5.75 Å². The smallest absolute Gasteiger partial charge is 0.115 e. The summed E-state index contributed by atoms with van der Waals surface area (Å²) in [6, 6.07) is 7.31. The topological polar surface area (TPSA) is 20.2 Å². The highest BCUT2D eigenvalue weighted by atomic mass is 16.3. The number of allylic oxidation sites excluding steroid dienone is 3. The highest BCUT2D eigenvalue weighted by molar-refractivity contribution is 5.26. The van der Waals surface area contributed by atoms with Crippen LogP contribution in [0.1, 0.15) is 122 Å². The Balaban J connectivity index is -0.0000000765. The second-order valence-electron chi connectivity index (χ2n) is 7.54. The molecule has 1 aromatic rings. The third kappa shape index (κ3) is 45.9. The summed E-state index contributed by atoms with van der Waals surface area (Å²) in [5.41, 5.74) is 3.61. The van der Waals surface area contributed by atoms with Crippen LogP contribution in [0.4, 0.5) is 0 Å². The summed E-state index contributed by atoms with van der Waals surface area (Å²) in [5.74, 6) is 7.58. The fourth-order valence-corrected chi connectivity index (χ4v) is 2.04. The minimum absolute atomic E-state index is 0.356. The van der Waals surface area contributed by atoms with Crippen molar-refractivity contribution >= 4 is 0 Å². The third-order valence-corrected chi connectivity index (χ3v) is 4.87. The Morgan fingerprint density at radius 3 is 1.49 bits per heavy atom. The molecule has 0 radical (unpaired) electrons. The molecule has 1 heteroatoms. The molecule has 0 aliphatic rings. The summed E-state index contributed by atoms with van der Waals surface area (Å²) in [5, 5.41) is 8.94. The summed E-state index contributed by atoms with van der Waals surface area (Å²) in [6.07, 6.45) is 7.12. The lowest BCUT2D eigenvalue weighted by molar-refractivity contribution is 0.397. The highest BCUT2D eigenvalue weighted by Gasteiger charge is 2.03. The van der Waals surface area contributed by atoms with E-state index in [4.69, 9.17) is 5.11 Å². The zero-order valence-electron chi connectivity index (χ0n) is 26.4. The first-order chi connectivity index (χ1) is 16.6. The fraction of sp³-hybridized carbons (Fsp3) is 0.588. The molecule has 0 fully saturated rings. The first-order valence-corrected chi connectivity index (χ1v) is 13.5. The molecule has 0 aliphatic carbocycles. The van der Waals surface area contributed by atoms with Crippen molar-refractivity contribution in [2.45, 2.75) is 123 Å². The highest BCUT2D eigenvalue weighted by Crippen LogP contribution is 2.16. The van der Waals surface area contributed by atoms with Crippen LogP contribution in [0.3, 0.4) is 0 Å². The lowest BCUT2D eigenvalue weighted by atomic mass is 9.94. The van der Waals surface area contributed by atoms with Crippen molar-refractivity contribution in [1.82, 2.24) is 0 Å². The van der Waals surface area contributed by atoms with Crippen molar-refractivity contribution in [3.05, 3.63) is 66.8 Å². The Hall–Kier alpha value is -2.20. The van der Waals surface area contributed by atoms with Gasteiger partial charge in [0.15, 0.2) is 0 Å². The fourth-order valence-electron chi connectivity index (χ4n) is 2.04. The first kappa shape index (κ1) is 46.2. The quantitative estimate of drug-likeness (QED) is 0.240. The maximum absolute atomic E-state index is 8.94. The van der Waals surface area contributed by atoms with Crippen molar-refractivity contribution in [1.29, 1.82) is 0 Å². The largest absolute Gasteiger partial charge is 0.508 e. The molecule has 0 saturated carbocycles. The Labute approximate surface area is 223 Å². The van der Waals surface area contributed by atoms with Gasteiger partial charge in [-0.15, -0.1) is 25.0 Å². The van der Waals surface area contributed by atoms with Crippen LogP contribution in [-0.2, 0) is 6.42 Å². The zero-order chi connectivity index (χ0) is 29.2. The first-order valence-electron chi connectivity index (χ1n) is 13.5. The van der Waals surface area contributed by atoms with Gasteiger partial charge >= 0.3 is 0 Å². The minimum atomic E-state index is 0.356. The molecule has 35 heavy (non-hydrogen) atoms. The molecule has 0 spiro atoms. The van der Waals surface area contributed by atoms with Crippen molar-refractivity contribution < 1.29 is 5.11 Å². The lowest BCUT2D eigenvalue weighted by Gasteiger charge is -2.12. The van der Waals surface area contributed by atoms with E-state index in [1.54, 1.807) is 12.1 Å². The summed E-state index contributed by atoms with van der Waals surface area (Å²) >= 11 is 0. The number of aromatic hydroxyl groups is 1. The van der Waals surface area contributed by atoms with Gasteiger partial charge in [-0.2, -0.15) is 0 Å². The van der Waals surface area contributed by atoms with Gasteiger partial charge in [0.2, 0.25) is 0 Å². The van der Waals surface area contributed by atoms with Crippen LogP contribution >= 0.6 is 0 Å². The van der Waals surface area contributed by atoms with Crippen molar-refractivity contribution in [2.24, 2.45) is 11.8 Å². The van der Waals surface area contributed by atoms with Gasteiger partial charge in [0.05, 0.1) is 0 Å². The molecule has 0 saturated heterocycles. The van der Waals surface area contributed by atoms with Crippen LogP contribution in [0.25, 0.3) is 0 Å². The maximum Gasteiger partial charge on any atom is 0.115 e. The Kier molecular flexibility index (Phi) is 55.4. The monoisotopic (exact) mass is 488 g/mol. The molecule has 2 unspecified atom stereocenters. The molecule has 0 heterocycles. The minimum Gasteiger partial charge on any atom is -0.508 e. The average Bonchev–Trinajstić information content (AvgIpc) is 2.92. The second kappa shape index (κ2) is 42.0. The predicted molar refractivity (Wildman–Crippen MR) is 168 cm³/mol. The zero-order valence-corrected chi connectivity index (χ0v) is 26.4. The van der Waals surface area contributed by atoms with Crippen LogP contribution in [-0.4, -0.2) is 5.11 Å². The van der Waals surface area contributed by atoms with Crippen LogP contribution < -0.4 is 0 Å². The maximum atomic E-state index is 8.94. The van der Waals surface area contributed by atoms with Gasteiger partial charge in [-0.05, 0) is 77.0 Å². The standard InChI is InChI=1S/C9H20.C8H10O.C7H12.C4H6.2C2H6.C2H4/c1-5-8(3)7-9(4)6-2;1-2-7-4-3-5-8(9)6-7;1-5-7(4)6(2)3;1-3-4-2;3*1-2/h8-9H,5-7H2,1-4H3;3-6,9H,2H2,1H3;5H,2H2,1,3-4H3;1-2H3;2*1-2H3;1-2H2/b;;7-5+;;;;. The number of benzene rings is 1. The van der Waals surface area contributed by atoms with E-state index < -0.39 is 0 Å². The third-order valence-electron chi connectivity index (χ3n) is 4.87. The van der Waals surface area contributed by atoms with Crippen molar-refractivity contribution in [3.8, 4) is 17.6 Å². The summed E-state index contributed by atoms with van der Waals surface area (Å²) < 4.78 is 0. The van der Waals surface area contributed by atoms with Crippen molar-refractivity contribution in [3.63, 3.8) is 0 Å². The summed E-state index contributed by atoms with van der Waals surface area (Å²) in [4.78, 5) is 0. The van der Waals surface area contributed by atoms with E-state index in [2.05, 4.69) is 79.2 Å². The van der Waals surface area contributed by atoms with Crippen molar-refractivity contribution in [2.75, 3.05) is 0 Å². The molecular weight excluding hydrogens is 424 g/mol. The normalized spacial score (nSPS) is 10.1. The Morgan fingerprint density at radius 1 is 0.914 bits per heavy atom. The van der Waals surface area contributed by atoms with Gasteiger partial charge in [-0.3, -0.25) is 0 Å². The van der Waals surface area contributed by atoms with E-state index in [0.29, 0.717) is 5.75 Å². The van der Waals surface area contributed by atoms with Gasteiger partial charge in [0.25, 0.3) is 0 Å². The molecule has 0 amide bonds. The number of phenolic OH excluding ortho intramolecular Hbond substituents is 1. The molecule has 0 bridgehead atoms. The SMILES string of the molecule is C=C.C=C(C)/C(C)=C/C.CC.CC.CC#CC.CCC(C)CC(C)CC.CCc1cccc(O)c1. The van der Waals surface area contributed by atoms with E-state index >= 15 is 0 Å². The van der Waals surface area contributed by atoms with E-state index in [1.165, 1.54) is 30.4 Å². The van der Waals surface area contributed by atoms with Gasteiger partial charge in [0.1, 0.15) is 5.75 Å². The number of hydrogen-bond donors (Lipinski definition) is 1. The number of rotatable bonds is 6.